The molecular formula is C8H10F3N3O2. The summed E-state index contributed by atoms with van der Waals surface area (Å²) in [7, 11) is 0. The van der Waals surface area contributed by atoms with Crippen molar-refractivity contribution in [1.29, 1.82) is 0 Å². The van der Waals surface area contributed by atoms with Crippen molar-refractivity contribution < 1.29 is 23.1 Å². The quantitative estimate of drug-likeness (QED) is 0.773. The lowest BCUT2D eigenvalue weighted by Gasteiger charge is -2.03. The molecule has 0 saturated heterocycles. The number of nitrogens with zero attached hydrogens (tertiary/aromatic N) is 2. The van der Waals surface area contributed by atoms with Gasteiger partial charge in [0.2, 0.25) is 5.95 Å². The molecule has 1 rings (SSSR count). The van der Waals surface area contributed by atoms with Crippen LogP contribution in [0.2, 0.25) is 0 Å². The molecule has 0 fully saturated rings. The molecule has 8 heteroatoms. The molecular weight excluding hydrogens is 227 g/mol. The number of nitrogen functional groups attached to an aromatic ring is 1. The molecule has 5 nitrogen and oxygen atoms in total. The van der Waals surface area contributed by atoms with Crippen LogP contribution in [0.4, 0.5) is 19.1 Å². The van der Waals surface area contributed by atoms with Crippen molar-refractivity contribution in [3.8, 4) is 0 Å². The maximum atomic E-state index is 11.8. The third-order valence-electron chi connectivity index (χ3n) is 1.27. The summed E-state index contributed by atoms with van der Waals surface area (Å²) in [6.07, 6.45) is -3.26. The summed E-state index contributed by atoms with van der Waals surface area (Å²) in [6.45, 7) is 1.60. The van der Waals surface area contributed by atoms with Crippen molar-refractivity contribution in [3.05, 3.63) is 18.0 Å². The van der Waals surface area contributed by atoms with Gasteiger partial charge >= 0.3 is 12.1 Å². The molecule has 0 spiro atoms. The van der Waals surface area contributed by atoms with Crippen molar-refractivity contribution in [3.63, 3.8) is 0 Å². The molecule has 0 amide bonds. The minimum Gasteiger partial charge on any atom is -0.481 e. The van der Waals surface area contributed by atoms with Crippen LogP contribution in [0, 0.1) is 0 Å². The van der Waals surface area contributed by atoms with E-state index in [1.807, 2.05) is 0 Å². The number of aliphatic carboxylic acids is 1. The molecule has 0 aliphatic carbocycles. The van der Waals surface area contributed by atoms with Gasteiger partial charge in [-0.3, -0.25) is 4.79 Å². The average Bonchev–Trinajstić information content (AvgIpc) is 2.17. The summed E-state index contributed by atoms with van der Waals surface area (Å²) in [5.41, 5.74) is 3.91. The molecule has 16 heavy (non-hydrogen) atoms. The van der Waals surface area contributed by atoms with Gasteiger partial charge < -0.3 is 10.8 Å². The number of halogens is 3. The first-order chi connectivity index (χ1) is 7.27. The molecule has 1 aromatic heterocycles. The summed E-state index contributed by atoms with van der Waals surface area (Å²) in [5, 5.41) is 7.72. The molecule has 3 N–H and O–H groups in total. The first-order valence-electron chi connectivity index (χ1n) is 4.15. The smallest absolute Gasteiger partial charge is 0.433 e. The summed E-state index contributed by atoms with van der Waals surface area (Å²) >= 11 is 0. The lowest BCUT2D eigenvalue weighted by atomic mass is 10.4. The number of carboxylic acids is 1. The lowest BCUT2D eigenvalue weighted by molar-refractivity contribution is -0.141. The Balaban J connectivity index is 0.000000385. The normalized spacial score (nSPS) is 10.2. The Bertz CT molecular complexity index is 355. The van der Waals surface area contributed by atoms with E-state index in [1.54, 1.807) is 6.92 Å². The minimum absolute atomic E-state index is 0.222. The number of carbonyl (C=O) groups is 1. The number of anilines is 1. The highest BCUT2D eigenvalue weighted by atomic mass is 19.4. The summed E-state index contributed by atoms with van der Waals surface area (Å²) in [5.74, 6) is -1.12. The molecule has 0 aliphatic rings. The van der Waals surface area contributed by atoms with Crippen molar-refractivity contribution in [2.24, 2.45) is 0 Å². The van der Waals surface area contributed by atoms with Gasteiger partial charge in [-0.05, 0) is 6.07 Å². The summed E-state index contributed by atoms with van der Waals surface area (Å²) in [4.78, 5) is 15.7. The zero-order valence-electron chi connectivity index (χ0n) is 8.32. The number of aromatic nitrogens is 2. The van der Waals surface area contributed by atoms with Gasteiger partial charge in [0, 0.05) is 12.6 Å². The van der Waals surface area contributed by atoms with E-state index in [-0.39, 0.29) is 12.4 Å². The van der Waals surface area contributed by atoms with Crippen LogP contribution in [0.25, 0.3) is 0 Å². The topological polar surface area (TPSA) is 89.1 Å². The van der Waals surface area contributed by atoms with Crippen LogP contribution in [-0.4, -0.2) is 21.0 Å². The zero-order chi connectivity index (χ0) is 12.8. The lowest BCUT2D eigenvalue weighted by Crippen LogP contribution is -2.09. The second-order valence-corrected chi connectivity index (χ2v) is 2.55. The van der Waals surface area contributed by atoms with Crippen LogP contribution >= 0.6 is 0 Å². The number of hydrogen-bond acceptors (Lipinski definition) is 4. The molecule has 0 aliphatic heterocycles. The average molecular weight is 237 g/mol. The van der Waals surface area contributed by atoms with E-state index in [0.717, 1.165) is 12.3 Å². The van der Waals surface area contributed by atoms with Gasteiger partial charge in [-0.15, -0.1) is 0 Å². The number of alkyl halides is 3. The van der Waals surface area contributed by atoms with Gasteiger partial charge in [0.15, 0.2) is 0 Å². The second-order valence-electron chi connectivity index (χ2n) is 2.55. The second kappa shape index (κ2) is 5.89. The highest BCUT2D eigenvalue weighted by molar-refractivity contribution is 5.66. The first-order valence-corrected chi connectivity index (χ1v) is 4.15. The van der Waals surface area contributed by atoms with Crippen LogP contribution in [0.1, 0.15) is 19.0 Å². The number of nitrogens with two attached hydrogens (primary N) is 1. The van der Waals surface area contributed by atoms with Gasteiger partial charge in [0.05, 0.1) is 0 Å². The van der Waals surface area contributed by atoms with E-state index < -0.39 is 17.8 Å². The van der Waals surface area contributed by atoms with E-state index >= 15 is 0 Å². The first kappa shape index (κ1) is 14.1. The van der Waals surface area contributed by atoms with Crippen LogP contribution in [0.3, 0.4) is 0 Å². The van der Waals surface area contributed by atoms with E-state index in [9.17, 15) is 18.0 Å². The molecule has 1 heterocycles. The fourth-order valence-electron chi connectivity index (χ4n) is 0.532. The summed E-state index contributed by atoms with van der Waals surface area (Å²) in [6, 6.07) is 0.760. The maximum absolute atomic E-state index is 11.8. The Hall–Kier alpha value is -1.86. The minimum atomic E-state index is -4.45. The maximum Gasteiger partial charge on any atom is 0.433 e. The van der Waals surface area contributed by atoms with Gasteiger partial charge in [-0.25, -0.2) is 9.97 Å². The highest BCUT2D eigenvalue weighted by Gasteiger charge is 2.32. The van der Waals surface area contributed by atoms with E-state index in [4.69, 9.17) is 10.8 Å². The number of rotatable bonds is 1. The third kappa shape index (κ3) is 5.78. The number of hydrogen-bond donors (Lipinski definition) is 2. The van der Waals surface area contributed by atoms with Crippen LogP contribution < -0.4 is 5.73 Å². The Morgan fingerprint density at radius 2 is 2.06 bits per heavy atom. The van der Waals surface area contributed by atoms with E-state index in [0.29, 0.717) is 0 Å². The Labute approximate surface area is 89.1 Å². The fraction of sp³-hybridized carbons (Fsp3) is 0.375. The Kier molecular flexibility index (Phi) is 5.20. The van der Waals surface area contributed by atoms with Gasteiger partial charge in [0.25, 0.3) is 0 Å². The molecule has 0 unspecified atom stereocenters. The van der Waals surface area contributed by atoms with Crippen LogP contribution in [-0.2, 0) is 11.0 Å². The van der Waals surface area contributed by atoms with E-state index in [2.05, 4.69) is 9.97 Å². The standard InChI is InChI=1S/C5H4F3N3.C3H6O2/c6-5(7,8)3-1-2-10-4(9)11-3;1-2-3(4)5/h1-2H,(H2,9,10,11);2H2,1H3,(H,4,5). The molecule has 0 saturated carbocycles. The predicted octanol–water partition coefficient (Wildman–Crippen LogP) is 1.56. The number of carboxylic acid groups (broad SMARTS) is 1. The van der Waals surface area contributed by atoms with Crippen molar-refractivity contribution in [2.75, 3.05) is 5.73 Å². The van der Waals surface area contributed by atoms with Crippen molar-refractivity contribution in [1.82, 2.24) is 9.97 Å². The molecule has 0 radical (unpaired) electrons. The van der Waals surface area contributed by atoms with Gasteiger partial charge in [-0.2, -0.15) is 13.2 Å². The van der Waals surface area contributed by atoms with Crippen molar-refractivity contribution >= 4 is 11.9 Å². The van der Waals surface area contributed by atoms with Crippen LogP contribution in [0.5, 0.6) is 0 Å². The third-order valence-corrected chi connectivity index (χ3v) is 1.27. The monoisotopic (exact) mass is 237 g/mol. The van der Waals surface area contributed by atoms with Crippen molar-refractivity contribution in [2.45, 2.75) is 19.5 Å². The SMILES string of the molecule is CCC(=O)O.Nc1nccc(C(F)(F)F)n1. The largest absolute Gasteiger partial charge is 0.481 e. The van der Waals surface area contributed by atoms with Gasteiger partial charge in [0.1, 0.15) is 5.69 Å². The predicted molar refractivity (Wildman–Crippen MR) is 49.4 cm³/mol. The van der Waals surface area contributed by atoms with Gasteiger partial charge in [-0.1, -0.05) is 6.92 Å². The molecule has 1 aromatic rings. The Morgan fingerprint density at radius 3 is 2.31 bits per heavy atom. The molecule has 0 aromatic carbocycles. The zero-order valence-corrected chi connectivity index (χ0v) is 8.32. The highest BCUT2D eigenvalue weighted by Crippen LogP contribution is 2.26. The van der Waals surface area contributed by atoms with E-state index in [1.165, 1.54) is 0 Å². The molecule has 0 atom stereocenters. The molecule has 0 bridgehead atoms. The fourth-order valence-corrected chi connectivity index (χ4v) is 0.532. The molecule has 90 valence electrons. The Morgan fingerprint density at radius 1 is 1.56 bits per heavy atom. The summed E-state index contributed by atoms with van der Waals surface area (Å²) < 4.78 is 35.5. The van der Waals surface area contributed by atoms with Crippen LogP contribution in [0.15, 0.2) is 12.3 Å².